The van der Waals surface area contributed by atoms with Gasteiger partial charge in [-0.3, -0.25) is 14.5 Å². The molecule has 2 amide bonds. The molecule has 1 fully saturated rings. The predicted molar refractivity (Wildman–Crippen MR) is 83.5 cm³/mol. The van der Waals surface area contributed by atoms with E-state index in [1.54, 1.807) is 24.1 Å². The molecule has 5 nitrogen and oxygen atoms in total. The van der Waals surface area contributed by atoms with E-state index in [9.17, 15) is 9.59 Å². The van der Waals surface area contributed by atoms with Crippen LogP contribution in [-0.4, -0.2) is 42.9 Å². The third-order valence-electron chi connectivity index (χ3n) is 3.23. The summed E-state index contributed by atoms with van der Waals surface area (Å²) in [6, 6.07) is 5.72. The number of aryl methyl sites for hydroxylation is 1. The number of halogens is 1. The number of nitrogens with zero attached hydrogens (tertiary/aromatic N) is 1. The zero-order valence-electron chi connectivity index (χ0n) is 12.3. The molecule has 1 aromatic carbocycles. The lowest BCUT2D eigenvalue weighted by molar-refractivity contribution is -0.123. The highest BCUT2D eigenvalue weighted by Gasteiger charge is 2.23. The van der Waals surface area contributed by atoms with E-state index in [0.29, 0.717) is 16.8 Å². The number of likely N-dealkylation sites (N-methyl/N-ethyl adjacent to an activating group) is 1. The largest absolute Gasteiger partial charge is 0.352 e. The Morgan fingerprint density at radius 2 is 1.95 bits per heavy atom. The summed E-state index contributed by atoms with van der Waals surface area (Å²) < 4.78 is 0. The van der Waals surface area contributed by atoms with Gasteiger partial charge in [0.2, 0.25) is 11.8 Å². The topological polar surface area (TPSA) is 61.4 Å². The van der Waals surface area contributed by atoms with Gasteiger partial charge in [-0.15, -0.1) is 0 Å². The zero-order valence-corrected chi connectivity index (χ0v) is 13.0. The quantitative estimate of drug-likeness (QED) is 0.842. The molecule has 0 aliphatic heterocycles. The predicted octanol–water partition coefficient (Wildman–Crippen LogP) is 1.80. The minimum atomic E-state index is -0.170. The van der Waals surface area contributed by atoms with Crippen molar-refractivity contribution < 1.29 is 9.59 Å². The van der Waals surface area contributed by atoms with Gasteiger partial charge in [0.1, 0.15) is 0 Å². The van der Waals surface area contributed by atoms with E-state index in [0.717, 1.165) is 18.4 Å². The summed E-state index contributed by atoms with van der Waals surface area (Å²) in [4.78, 5) is 25.2. The molecule has 0 radical (unpaired) electrons. The standard InChI is InChI=1S/C15H20ClN3O2/c1-10-3-4-12(7-13(10)16)18-15(21)9-19(2)8-14(20)17-11-5-6-11/h3-4,7,11H,5-6,8-9H2,1-2H3,(H,17,20)(H,18,21). The third-order valence-corrected chi connectivity index (χ3v) is 3.63. The normalized spacial score (nSPS) is 14.1. The fraction of sp³-hybridized carbons (Fsp3) is 0.467. The number of benzene rings is 1. The van der Waals surface area contributed by atoms with Crippen LogP contribution in [0.5, 0.6) is 0 Å². The Hall–Kier alpha value is -1.59. The molecule has 0 aromatic heterocycles. The van der Waals surface area contributed by atoms with E-state index in [2.05, 4.69) is 10.6 Å². The molecule has 114 valence electrons. The fourth-order valence-corrected chi connectivity index (χ4v) is 2.10. The molecular formula is C15H20ClN3O2. The van der Waals surface area contributed by atoms with Crippen molar-refractivity contribution in [1.29, 1.82) is 0 Å². The van der Waals surface area contributed by atoms with Gasteiger partial charge in [-0.1, -0.05) is 17.7 Å². The Morgan fingerprint density at radius 3 is 2.57 bits per heavy atom. The molecule has 0 atom stereocenters. The number of hydrogen-bond donors (Lipinski definition) is 2. The highest BCUT2D eigenvalue weighted by molar-refractivity contribution is 6.31. The van der Waals surface area contributed by atoms with Crippen molar-refractivity contribution in [2.75, 3.05) is 25.5 Å². The van der Waals surface area contributed by atoms with Crippen LogP contribution < -0.4 is 10.6 Å². The maximum absolute atomic E-state index is 11.9. The van der Waals surface area contributed by atoms with Crippen LogP contribution in [0.2, 0.25) is 5.02 Å². The average Bonchev–Trinajstić information content (AvgIpc) is 3.17. The number of carbonyl (C=O) groups is 2. The van der Waals surface area contributed by atoms with Crippen LogP contribution in [0.1, 0.15) is 18.4 Å². The van der Waals surface area contributed by atoms with Gasteiger partial charge in [-0.05, 0) is 44.5 Å². The number of nitrogens with one attached hydrogen (secondary N) is 2. The first kappa shape index (κ1) is 15.8. The second-order valence-electron chi connectivity index (χ2n) is 5.53. The van der Waals surface area contributed by atoms with Crippen LogP contribution in [0.3, 0.4) is 0 Å². The molecule has 21 heavy (non-hydrogen) atoms. The maximum Gasteiger partial charge on any atom is 0.238 e. The Morgan fingerprint density at radius 1 is 1.29 bits per heavy atom. The first-order valence-electron chi connectivity index (χ1n) is 6.98. The Bertz CT molecular complexity index is 544. The number of hydrogen-bond acceptors (Lipinski definition) is 3. The summed E-state index contributed by atoms with van der Waals surface area (Å²) in [5.41, 5.74) is 1.62. The van der Waals surface area contributed by atoms with Gasteiger partial charge in [0.15, 0.2) is 0 Å². The van der Waals surface area contributed by atoms with E-state index in [-0.39, 0.29) is 24.9 Å². The van der Waals surface area contributed by atoms with Gasteiger partial charge in [-0.2, -0.15) is 0 Å². The van der Waals surface area contributed by atoms with Gasteiger partial charge in [0.05, 0.1) is 13.1 Å². The van der Waals surface area contributed by atoms with Gasteiger partial charge < -0.3 is 10.6 Å². The second-order valence-corrected chi connectivity index (χ2v) is 5.93. The second kappa shape index (κ2) is 6.91. The van der Waals surface area contributed by atoms with Crippen LogP contribution in [0, 0.1) is 6.92 Å². The molecule has 0 saturated heterocycles. The van der Waals surface area contributed by atoms with Gasteiger partial charge in [0, 0.05) is 16.8 Å². The molecule has 0 heterocycles. The van der Waals surface area contributed by atoms with Crippen LogP contribution in [-0.2, 0) is 9.59 Å². The minimum absolute atomic E-state index is 0.0359. The molecule has 0 bridgehead atoms. The number of anilines is 1. The molecule has 6 heteroatoms. The summed E-state index contributed by atoms with van der Waals surface area (Å²) in [5, 5.41) is 6.28. The SMILES string of the molecule is Cc1ccc(NC(=O)CN(C)CC(=O)NC2CC2)cc1Cl. The molecule has 1 aromatic rings. The van der Waals surface area contributed by atoms with E-state index in [1.165, 1.54) is 0 Å². The van der Waals surface area contributed by atoms with Gasteiger partial charge in [0.25, 0.3) is 0 Å². The van der Waals surface area contributed by atoms with Crippen molar-refractivity contribution in [2.24, 2.45) is 0 Å². The van der Waals surface area contributed by atoms with Crippen molar-refractivity contribution >= 4 is 29.1 Å². The van der Waals surface area contributed by atoms with Crippen molar-refractivity contribution in [3.63, 3.8) is 0 Å². The van der Waals surface area contributed by atoms with Crippen molar-refractivity contribution in [1.82, 2.24) is 10.2 Å². The molecule has 1 aliphatic carbocycles. The van der Waals surface area contributed by atoms with E-state index in [1.807, 2.05) is 13.0 Å². The van der Waals surface area contributed by atoms with E-state index in [4.69, 9.17) is 11.6 Å². The Balaban J connectivity index is 1.77. The molecular weight excluding hydrogens is 290 g/mol. The zero-order chi connectivity index (χ0) is 15.4. The fourth-order valence-electron chi connectivity index (χ4n) is 1.92. The van der Waals surface area contributed by atoms with Crippen molar-refractivity contribution in [3.05, 3.63) is 28.8 Å². The maximum atomic E-state index is 11.9. The van der Waals surface area contributed by atoms with Crippen molar-refractivity contribution in [2.45, 2.75) is 25.8 Å². The average molecular weight is 310 g/mol. The molecule has 0 unspecified atom stereocenters. The smallest absolute Gasteiger partial charge is 0.238 e. The molecule has 2 rings (SSSR count). The Kier molecular flexibility index (Phi) is 5.20. The first-order chi connectivity index (χ1) is 9.94. The third kappa shape index (κ3) is 5.36. The lowest BCUT2D eigenvalue weighted by atomic mass is 10.2. The van der Waals surface area contributed by atoms with Crippen LogP contribution in [0.4, 0.5) is 5.69 Å². The van der Waals surface area contributed by atoms with E-state index >= 15 is 0 Å². The highest BCUT2D eigenvalue weighted by Crippen LogP contribution is 2.20. The number of carbonyl (C=O) groups excluding carboxylic acids is 2. The summed E-state index contributed by atoms with van der Waals surface area (Å²) in [6.07, 6.45) is 2.12. The number of amides is 2. The van der Waals surface area contributed by atoms with Crippen LogP contribution in [0.15, 0.2) is 18.2 Å². The van der Waals surface area contributed by atoms with Crippen LogP contribution in [0.25, 0.3) is 0 Å². The van der Waals surface area contributed by atoms with Crippen molar-refractivity contribution in [3.8, 4) is 0 Å². The summed E-state index contributed by atoms with van der Waals surface area (Å²) in [7, 11) is 1.74. The molecule has 0 spiro atoms. The highest BCUT2D eigenvalue weighted by atomic mass is 35.5. The van der Waals surface area contributed by atoms with Crippen LogP contribution >= 0.6 is 11.6 Å². The molecule has 1 saturated carbocycles. The first-order valence-corrected chi connectivity index (χ1v) is 7.36. The van der Waals surface area contributed by atoms with Gasteiger partial charge in [-0.25, -0.2) is 0 Å². The lowest BCUT2D eigenvalue weighted by Crippen LogP contribution is -2.39. The number of rotatable bonds is 6. The monoisotopic (exact) mass is 309 g/mol. The van der Waals surface area contributed by atoms with E-state index < -0.39 is 0 Å². The van der Waals surface area contributed by atoms with Gasteiger partial charge >= 0.3 is 0 Å². The summed E-state index contributed by atoms with van der Waals surface area (Å²) >= 11 is 6.01. The minimum Gasteiger partial charge on any atom is -0.352 e. The summed E-state index contributed by atoms with van der Waals surface area (Å²) in [6.45, 7) is 2.28. The summed E-state index contributed by atoms with van der Waals surface area (Å²) in [5.74, 6) is -0.206. The molecule has 1 aliphatic rings. The lowest BCUT2D eigenvalue weighted by Gasteiger charge is -2.16. The Labute approximate surface area is 129 Å². The molecule has 2 N–H and O–H groups in total.